The monoisotopic (exact) mass is 264 g/mol. The molecule has 1 amide bonds. The van der Waals surface area contributed by atoms with Crippen LogP contribution in [0.25, 0.3) is 0 Å². The third-order valence-corrected chi connectivity index (χ3v) is 3.24. The van der Waals surface area contributed by atoms with E-state index in [1.165, 1.54) is 0 Å². The summed E-state index contributed by atoms with van der Waals surface area (Å²) < 4.78 is 5.17. The van der Waals surface area contributed by atoms with Crippen LogP contribution in [-0.4, -0.2) is 26.1 Å². The quantitative estimate of drug-likeness (QED) is 0.786. The van der Waals surface area contributed by atoms with Gasteiger partial charge in [-0.2, -0.15) is 0 Å². The summed E-state index contributed by atoms with van der Waals surface area (Å²) in [6, 6.07) is 7.87. The maximum atomic E-state index is 11.9. The van der Waals surface area contributed by atoms with E-state index < -0.39 is 0 Å². The fraction of sp³-hybridized carbons (Fsp3) is 0.533. The van der Waals surface area contributed by atoms with Crippen LogP contribution in [0.5, 0.6) is 5.75 Å². The van der Waals surface area contributed by atoms with Gasteiger partial charge in [0.1, 0.15) is 5.75 Å². The van der Waals surface area contributed by atoms with Gasteiger partial charge in [-0.05, 0) is 30.0 Å². The minimum absolute atomic E-state index is 0.0420. The number of hydrogen-bond acceptors (Lipinski definition) is 3. The zero-order valence-electron chi connectivity index (χ0n) is 12.0. The summed E-state index contributed by atoms with van der Waals surface area (Å²) in [7, 11) is 1.65. The molecule has 0 radical (unpaired) electrons. The summed E-state index contributed by atoms with van der Waals surface area (Å²) in [6.07, 6.45) is 0.790. The summed E-state index contributed by atoms with van der Waals surface area (Å²) >= 11 is 0. The third-order valence-electron chi connectivity index (χ3n) is 3.24. The van der Waals surface area contributed by atoms with Crippen molar-refractivity contribution in [3.63, 3.8) is 0 Å². The Morgan fingerprint density at radius 3 is 2.74 bits per heavy atom. The molecule has 3 N–H and O–H groups in total. The lowest BCUT2D eigenvalue weighted by atomic mass is 9.95. The zero-order chi connectivity index (χ0) is 14.3. The summed E-state index contributed by atoms with van der Waals surface area (Å²) in [5, 5.41) is 2.94. The highest BCUT2D eigenvalue weighted by Crippen LogP contribution is 2.13. The second-order valence-electron chi connectivity index (χ2n) is 4.98. The number of hydrogen-bond donors (Lipinski definition) is 2. The number of nitrogens with two attached hydrogens (primary N) is 1. The molecule has 0 aromatic heterocycles. The Kier molecular flexibility index (Phi) is 6.36. The van der Waals surface area contributed by atoms with Gasteiger partial charge in [-0.1, -0.05) is 26.0 Å². The minimum atomic E-state index is -0.106. The molecule has 1 aromatic carbocycles. The molecule has 0 aliphatic heterocycles. The number of amides is 1. The van der Waals surface area contributed by atoms with Gasteiger partial charge in [-0.15, -0.1) is 0 Å². The number of carbonyl (C=O) groups is 1. The Bertz CT molecular complexity index is 405. The molecule has 19 heavy (non-hydrogen) atoms. The van der Waals surface area contributed by atoms with Crippen LogP contribution in [0.15, 0.2) is 24.3 Å². The smallest absolute Gasteiger partial charge is 0.224 e. The van der Waals surface area contributed by atoms with Crippen molar-refractivity contribution in [3.05, 3.63) is 29.8 Å². The highest BCUT2D eigenvalue weighted by Gasteiger charge is 2.19. The molecule has 4 heteroatoms. The van der Waals surface area contributed by atoms with Gasteiger partial charge in [0, 0.05) is 13.1 Å². The van der Waals surface area contributed by atoms with E-state index in [9.17, 15) is 4.79 Å². The van der Waals surface area contributed by atoms with Gasteiger partial charge >= 0.3 is 0 Å². The molecule has 1 unspecified atom stereocenters. The standard InChI is InChI=1S/C15H24N2O2/c1-11(2)14(10-16)15(18)17-8-7-12-5-4-6-13(9-12)19-3/h4-6,9,11,14H,7-8,10,16H2,1-3H3,(H,17,18). The van der Waals surface area contributed by atoms with E-state index in [0.29, 0.717) is 13.1 Å². The molecule has 0 saturated carbocycles. The number of carbonyl (C=O) groups excluding carboxylic acids is 1. The largest absolute Gasteiger partial charge is 0.497 e. The summed E-state index contributed by atoms with van der Waals surface area (Å²) in [5.74, 6) is 1.04. The van der Waals surface area contributed by atoms with Crippen molar-refractivity contribution in [2.45, 2.75) is 20.3 Å². The summed E-state index contributed by atoms with van der Waals surface area (Å²) in [4.78, 5) is 11.9. The number of benzene rings is 1. The van der Waals surface area contributed by atoms with E-state index in [4.69, 9.17) is 10.5 Å². The van der Waals surface area contributed by atoms with E-state index in [0.717, 1.165) is 17.7 Å². The third kappa shape index (κ3) is 4.91. The van der Waals surface area contributed by atoms with Crippen molar-refractivity contribution in [2.24, 2.45) is 17.6 Å². The Labute approximate surface area is 115 Å². The lowest BCUT2D eigenvalue weighted by molar-refractivity contribution is -0.125. The molecule has 0 bridgehead atoms. The predicted molar refractivity (Wildman–Crippen MR) is 77.1 cm³/mol. The maximum absolute atomic E-state index is 11.9. The molecule has 0 heterocycles. The summed E-state index contributed by atoms with van der Waals surface area (Å²) in [5.41, 5.74) is 6.76. The highest BCUT2D eigenvalue weighted by atomic mass is 16.5. The number of rotatable bonds is 7. The molecule has 1 atom stereocenters. The van der Waals surface area contributed by atoms with Gasteiger partial charge in [-0.25, -0.2) is 0 Å². The van der Waals surface area contributed by atoms with E-state index in [-0.39, 0.29) is 17.7 Å². The second kappa shape index (κ2) is 7.79. The Hall–Kier alpha value is -1.55. The van der Waals surface area contributed by atoms with Crippen LogP contribution in [0.4, 0.5) is 0 Å². The first-order valence-electron chi connectivity index (χ1n) is 6.69. The van der Waals surface area contributed by atoms with Crippen LogP contribution in [0.2, 0.25) is 0 Å². The van der Waals surface area contributed by atoms with Crippen molar-refractivity contribution in [1.82, 2.24) is 5.32 Å². The number of methoxy groups -OCH3 is 1. The van der Waals surface area contributed by atoms with Gasteiger partial charge in [-0.3, -0.25) is 4.79 Å². The molecule has 106 valence electrons. The van der Waals surface area contributed by atoms with E-state index in [1.54, 1.807) is 7.11 Å². The highest BCUT2D eigenvalue weighted by molar-refractivity contribution is 5.79. The first kappa shape index (κ1) is 15.5. The molecule has 1 aromatic rings. The lowest BCUT2D eigenvalue weighted by Crippen LogP contribution is -2.38. The van der Waals surface area contributed by atoms with Crippen molar-refractivity contribution < 1.29 is 9.53 Å². The fourth-order valence-electron chi connectivity index (χ4n) is 1.97. The maximum Gasteiger partial charge on any atom is 0.224 e. The molecule has 0 aliphatic rings. The summed E-state index contributed by atoms with van der Waals surface area (Å²) in [6.45, 7) is 5.04. The van der Waals surface area contributed by atoms with Crippen molar-refractivity contribution in [1.29, 1.82) is 0 Å². The Balaban J connectivity index is 2.43. The van der Waals surface area contributed by atoms with Gasteiger partial charge in [0.05, 0.1) is 13.0 Å². The molecule has 0 spiro atoms. The molecule has 0 saturated heterocycles. The lowest BCUT2D eigenvalue weighted by Gasteiger charge is -2.18. The second-order valence-corrected chi connectivity index (χ2v) is 4.98. The number of ether oxygens (including phenoxy) is 1. The predicted octanol–water partition coefficient (Wildman–Crippen LogP) is 1.58. The van der Waals surface area contributed by atoms with Crippen LogP contribution in [0, 0.1) is 11.8 Å². The van der Waals surface area contributed by atoms with Gasteiger partial charge < -0.3 is 15.8 Å². The Morgan fingerprint density at radius 2 is 2.16 bits per heavy atom. The van der Waals surface area contributed by atoms with E-state index in [2.05, 4.69) is 5.32 Å². The molecular formula is C15H24N2O2. The van der Waals surface area contributed by atoms with Crippen LogP contribution < -0.4 is 15.8 Å². The van der Waals surface area contributed by atoms with E-state index in [1.807, 2.05) is 38.1 Å². The molecule has 0 fully saturated rings. The molecule has 1 rings (SSSR count). The zero-order valence-corrected chi connectivity index (χ0v) is 12.0. The van der Waals surface area contributed by atoms with Gasteiger partial charge in [0.2, 0.25) is 5.91 Å². The number of nitrogens with one attached hydrogen (secondary N) is 1. The SMILES string of the molecule is COc1cccc(CCNC(=O)C(CN)C(C)C)c1. The molecular weight excluding hydrogens is 240 g/mol. The topological polar surface area (TPSA) is 64.3 Å². The van der Waals surface area contributed by atoms with Crippen LogP contribution in [0.1, 0.15) is 19.4 Å². The Morgan fingerprint density at radius 1 is 1.42 bits per heavy atom. The first-order valence-corrected chi connectivity index (χ1v) is 6.69. The van der Waals surface area contributed by atoms with Crippen LogP contribution in [0.3, 0.4) is 0 Å². The molecule has 4 nitrogen and oxygen atoms in total. The average molecular weight is 264 g/mol. The molecule has 0 aliphatic carbocycles. The average Bonchev–Trinajstić information content (AvgIpc) is 2.39. The van der Waals surface area contributed by atoms with Gasteiger partial charge in [0.25, 0.3) is 0 Å². The minimum Gasteiger partial charge on any atom is -0.497 e. The van der Waals surface area contributed by atoms with Gasteiger partial charge in [0.15, 0.2) is 0 Å². The van der Waals surface area contributed by atoms with E-state index >= 15 is 0 Å². The van der Waals surface area contributed by atoms with Crippen molar-refractivity contribution in [2.75, 3.05) is 20.2 Å². The van der Waals surface area contributed by atoms with Crippen LogP contribution in [-0.2, 0) is 11.2 Å². The van der Waals surface area contributed by atoms with Crippen molar-refractivity contribution >= 4 is 5.91 Å². The fourth-order valence-corrected chi connectivity index (χ4v) is 1.97. The van der Waals surface area contributed by atoms with Crippen LogP contribution >= 0.6 is 0 Å². The first-order chi connectivity index (χ1) is 9.08. The van der Waals surface area contributed by atoms with Crippen molar-refractivity contribution in [3.8, 4) is 5.75 Å². The normalized spacial score (nSPS) is 12.3.